The Morgan fingerprint density at radius 3 is 2.67 bits per heavy atom. The molecule has 1 aromatic carbocycles. The minimum atomic E-state index is -0.501. The number of amides is 1. The topological polar surface area (TPSA) is 81.9 Å². The first kappa shape index (κ1) is 11.2. The van der Waals surface area contributed by atoms with Gasteiger partial charge in [-0.2, -0.15) is 0 Å². The number of likely N-dealkylation sites (N-methyl/N-ethyl adjacent to an activating group) is 1. The molecule has 0 aliphatic carbocycles. The van der Waals surface area contributed by atoms with E-state index in [1.807, 2.05) is 0 Å². The number of hydrogen-bond acceptors (Lipinski definition) is 4. The summed E-state index contributed by atoms with van der Waals surface area (Å²) in [5.74, 6) is -0.501. The molecule has 15 heavy (non-hydrogen) atoms. The molecular formula is C10H12N2O3. The molecule has 0 fully saturated rings. The summed E-state index contributed by atoms with van der Waals surface area (Å²) in [5.41, 5.74) is 0.845. The van der Waals surface area contributed by atoms with Crippen molar-refractivity contribution in [3.05, 3.63) is 35.4 Å². The molecule has 0 aliphatic rings. The van der Waals surface area contributed by atoms with Crippen molar-refractivity contribution in [2.24, 2.45) is 5.16 Å². The van der Waals surface area contributed by atoms with Crippen LogP contribution < -0.4 is 5.32 Å². The van der Waals surface area contributed by atoms with E-state index in [0.717, 1.165) is 0 Å². The number of aliphatic hydroxyl groups excluding tert-OH is 1. The fraction of sp³-hybridized carbons (Fsp3) is 0.200. The second-order valence-electron chi connectivity index (χ2n) is 2.84. The van der Waals surface area contributed by atoms with E-state index in [4.69, 9.17) is 10.3 Å². The van der Waals surface area contributed by atoms with Crippen molar-refractivity contribution in [1.82, 2.24) is 5.32 Å². The Morgan fingerprint density at radius 1 is 1.47 bits per heavy atom. The van der Waals surface area contributed by atoms with Crippen LogP contribution in [0.3, 0.4) is 0 Å². The first-order chi connectivity index (χ1) is 7.24. The maximum absolute atomic E-state index is 11.3. The smallest absolute Gasteiger partial charge is 0.273 e. The molecule has 0 bridgehead atoms. The van der Waals surface area contributed by atoms with Gasteiger partial charge in [0.2, 0.25) is 0 Å². The maximum Gasteiger partial charge on any atom is 0.273 e. The Bertz CT molecular complexity index is 388. The van der Waals surface area contributed by atoms with Crippen LogP contribution in [0.1, 0.15) is 11.1 Å². The van der Waals surface area contributed by atoms with E-state index >= 15 is 0 Å². The van der Waals surface area contributed by atoms with Crippen molar-refractivity contribution in [1.29, 1.82) is 0 Å². The van der Waals surface area contributed by atoms with E-state index in [9.17, 15) is 4.79 Å². The average molecular weight is 208 g/mol. The van der Waals surface area contributed by atoms with E-state index < -0.39 is 5.91 Å². The summed E-state index contributed by atoms with van der Waals surface area (Å²) in [6, 6.07) is 6.69. The lowest BCUT2D eigenvalue weighted by Crippen LogP contribution is -2.29. The SMILES string of the molecule is CNC(=O)/C(=N/O)c1ccccc1CO. The van der Waals surface area contributed by atoms with Gasteiger partial charge < -0.3 is 15.6 Å². The molecule has 0 saturated carbocycles. The van der Waals surface area contributed by atoms with Crippen molar-refractivity contribution in [2.45, 2.75) is 6.61 Å². The van der Waals surface area contributed by atoms with Gasteiger partial charge in [-0.05, 0) is 5.56 Å². The Morgan fingerprint density at radius 2 is 2.13 bits per heavy atom. The quantitative estimate of drug-likeness (QED) is 0.374. The van der Waals surface area contributed by atoms with Gasteiger partial charge in [0, 0.05) is 12.6 Å². The molecule has 5 heteroatoms. The van der Waals surface area contributed by atoms with Gasteiger partial charge in [0.05, 0.1) is 6.61 Å². The van der Waals surface area contributed by atoms with Gasteiger partial charge in [0.25, 0.3) is 5.91 Å². The minimum absolute atomic E-state index is 0.109. The fourth-order valence-corrected chi connectivity index (χ4v) is 1.23. The number of aliphatic hydroxyl groups is 1. The molecule has 0 heterocycles. The van der Waals surface area contributed by atoms with E-state index in [2.05, 4.69) is 10.5 Å². The highest BCUT2D eigenvalue weighted by Crippen LogP contribution is 2.10. The van der Waals surface area contributed by atoms with Crippen molar-refractivity contribution in [3.63, 3.8) is 0 Å². The number of oxime groups is 1. The Kier molecular flexibility index (Phi) is 3.82. The standard InChI is InChI=1S/C10H12N2O3/c1-11-10(14)9(12-15)8-5-3-2-4-7(8)6-13/h2-5,13,15H,6H2,1H3,(H,11,14)/b12-9+. The zero-order chi connectivity index (χ0) is 11.3. The zero-order valence-electron chi connectivity index (χ0n) is 8.27. The maximum atomic E-state index is 11.3. The van der Waals surface area contributed by atoms with E-state index in [1.165, 1.54) is 7.05 Å². The molecular weight excluding hydrogens is 196 g/mol. The first-order valence-corrected chi connectivity index (χ1v) is 4.37. The summed E-state index contributed by atoms with van der Waals surface area (Å²) in [4.78, 5) is 11.3. The lowest BCUT2D eigenvalue weighted by Gasteiger charge is -2.07. The number of hydrogen-bond donors (Lipinski definition) is 3. The van der Waals surface area contributed by atoms with Gasteiger partial charge in [0.15, 0.2) is 5.71 Å². The lowest BCUT2D eigenvalue weighted by atomic mass is 10.0. The lowest BCUT2D eigenvalue weighted by molar-refractivity contribution is -0.114. The molecule has 1 aromatic rings. The van der Waals surface area contributed by atoms with Crippen LogP contribution in [-0.2, 0) is 11.4 Å². The van der Waals surface area contributed by atoms with Crippen LogP contribution in [0.4, 0.5) is 0 Å². The Balaban J connectivity index is 3.18. The summed E-state index contributed by atoms with van der Waals surface area (Å²) in [5, 5.41) is 23.1. The fourth-order valence-electron chi connectivity index (χ4n) is 1.23. The highest BCUT2D eigenvalue weighted by Gasteiger charge is 2.15. The number of rotatable bonds is 3. The second kappa shape index (κ2) is 5.11. The largest absolute Gasteiger partial charge is 0.410 e. The Hall–Kier alpha value is -1.88. The van der Waals surface area contributed by atoms with Crippen LogP contribution in [0.25, 0.3) is 0 Å². The predicted octanol–water partition coefficient (Wildman–Crippen LogP) is 0.103. The van der Waals surface area contributed by atoms with Crippen LogP contribution in [0.5, 0.6) is 0 Å². The van der Waals surface area contributed by atoms with Gasteiger partial charge in [-0.15, -0.1) is 0 Å². The highest BCUT2D eigenvalue weighted by molar-refractivity contribution is 6.45. The molecule has 0 atom stereocenters. The third kappa shape index (κ3) is 2.32. The van der Waals surface area contributed by atoms with Gasteiger partial charge in [-0.1, -0.05) is 29.4 Å². The van der Waals surface area contributed by atoms with Crippen molar-refractivity contribution in [2.75, 3.05) is 7.05 Å². The molecule has 0 spiro atoms. The molecule has 1 amide bonds. The molecule has 0 unspecified atom stereocenters. The number of nitrogens with zero attached hydrogens (tertiary/aromatic N) is 1. The van der Waals surface area contributed by atoms with E-state index in [0.29, 0.717) is 11.1 Å². The van der Waals surface area contributed by atoms with Crippen molar-refractivity contribution >= 4 is 11.6 Å². The average Bonchev–Trinajstić information content (AvgIpc) is 2.30. The molecule has 3 N–H and O–H groups in total. The van der Waals surface area contributed by atoms with Gasteiger partial charge in [-0.3, -0.25) is 4.79 Å². The van der Waals surface area contributed by atoms with Crippen molar-refractivity contribution < 1.29 is 15.1 Å². The summed E-state index contributed by atoms with van der Waals surface area (Å²) >= 11 is 0. The second-order valence-corrected chi connectivity index (χ2v) is 2.84. The van der Waals surface area contributed by atoms with Gasteiger partial charge in [-0.25, -0.2) is 0 Å². The molecule has 0 aromatic heterocycles. The van der Waals surface area contributed by atoms with E-state index in [-0.39, 0.29) is 12.3 Å². The Labute approximate surface area is 87.0 Å². The normalized spacial score (nSPS) is 11.2. The highest BCUT2D eigenvalue weighted by atomic mass is 16.4. The molecule has 80 valence electrons. The number of benzene rings is 1. The van der Waals surface area contributed by atoms with Gasteiger partial charge >= 0.3 is 0 Å². The molecule has 0 aliphatic heterocycles. The zero-order valence-corrected chi connectivity index (χ0v) is 8.27. The van der Waals surface area contributed by atoms with Crippen LogP contribution in [0.2, 0.25) is 0 Å². The van der Waals surface area contributed by atoms with Crippen molar-refractivity contribution in [3.8, 4) is 0 Å². The van der Waals surface area contributed by atoms with Gasteiger partial charge in [0.1, 0.15) is 0 Å². The summed E-state index contributed by atoms with van der Waals surface area (Å²) in [7, 11) is 1.44. The molecule has 1 rings (SSSR count). The number of nitrogens with one attached hydrogen (secondary N) is 1. The summed E-state index contributed by atoms with van der Waals surface area (Å²) < 4.78 is 0. The predicted molar refractivity (Wildman–Crippen MR) is 54.8 cm³/mol. The van der Waals surface area contributed by atoms with Crippen LogP contribution >= 0.6 is 0 Å². The monoisotopic (exact) mass is 208 g/mol. The van der Waals surface area contributed by atoms with Crippen LogP contribution in [-0.4, -0.2) is 29.0 Å². The van der Waals surface area contributed by atoms with Crippen LogP contribution in [0, 0.1) is 0 Å². The summed E-state index contributed by atoms with van der Waals surface area (Å²) in [6.07, 6.45) is 0. The minimum Gasteiger partial charge on any atom is -0.410 e. The molecule has 0 saturated heterocycles. The third-order valence-electron chi connectivity index (χ3n) is 1.98. The first-order valence-electron chi connectivity index (χ1n) is 4.37. The third-order valence-corrected chi connectivity index (χ3v) is 1.98. The van der Waals surface area contributed by atoms with Crippen LogP contribution in [0.15, 0.2) is 29.4 Å². The molecule has 0 radical (unpaired) electrons. The number of carbonyl (C=O) groups is 1. The summed E-state index contributed by atoms with van der Waals surface area (Å²) in [6.45, 7) is -0.216. The molecule has 5 nitrogen and oxygen atoms in total. The van der Waals surface area contributed by atoms with E-state index in [1.54, 1.807) is 24.3 Å². The number of carbonyl (C=O) groups excluding carboxylic acids is 1.